The van der Waals surface area contributed by atoms with Crippen LogP contribution in [0.5, 0.6) is 0 Å². The van der Waals surface area contributed by atoms with Crippen LogP contribution in [0.15, 0.2) is 46.2 Å². The normalized spacial score (nSPS) is 15.6. The molecule has 0 aliphatic heterocycles. The summed E-state index contributed by atoms with van der Waals surface area (Å²) in [4.78, 5) is 31.1. The predicted molar refractivity (Wildman–Crippen MR) is 102 cm³/mol. The minimum Gasteiger partial charge on any atom is -0.325 e. The second-order valence-corrected chi connectivity index (χ2v) is 7.03. The van der Waals surface area contributed by atoms with E-state index in [1.807, 2.05) is 34.9 Å². The monoisotopic (exact) mass is 352 g/mol. The highest BCUT2D eigenvalue weighted by Gasteiger charge is 2.25. The Morgan fingerprint density at radius 2 is 1.81 bits per heavy atom. The summed E-state index contributed by atoms with van der Waals surface area (Å²) in [5, 5.41) is 0. The number of nitrogens with zero attached hydrogens (tertiary/aromatic N) is 4. The Bertz CT molecular complexity index is 1020. The van der Waals surface area contributed by atoms with E-state index in [1.165, 1.54) is 11.0 Å². The van der Waals surface area contributed by atoms with E-state index in [0.29, 0.717) is 17.7 Å². The summed E-state index contributed by atoms with van der Waals surface area (Å²) in [6.45, 7) is 2.78. The highest BCUT2D eigenvalue weighted by Crippen LogP contribution is 2.26. The van der Waals surface area contributed by atoms with Crippen molar-refractivity contribution < 1.29 is 0 Å². The SMILES string of the molecule is CCCn1cnc2c1c(=O)n(C1CCCCC1)c(=O)n2-c1ccccc1. The van der Waals surface area contributed by atoms with Crippen molar-refractivity contribution in [2.24, 2.45) is 0 Å². The van der Waals surface area contributed by atoms with Gasteiger partial charge in [-0.3, -0.25) is 9.36 Å². The van der Waals surface area contributed by atoms with Crippen LogP contribution >= 0.6 is 0 Å². The van der Waals surface area contributed by atoms with Crippen molar-refractivity contribution >= 4 is 11.2 Å². The van der Waals surface area contributed by atoms with Gasteiger partial charge in [0, 0.05) is 12.6 Å². The Kier molecular flexibility index (Phi) is 4.49. The average molecular weight is 352 g/mol. The maximum absolute atomic E-state index is 13.3. The number of imidazole rings is 1. The molecule has 1 saturated carbocycles. The summed E-state index contributed by atoms with van der Waals surface area (Å²) in [5.74, 6) is 0. The Balaban J connectivity index is 2.06. The van der Waals surface area contributed by atoms with Crippen LogP contribution < -0.4 is 11.2 Å². The summed E-state index contributed by atoms with van der Waals surface area (Å²) < 4.78 is 4.97. The summed E-state index contributed by atoms with van der Waals surface area (Å²) in [7, 11) is 0. The molecule has 6 heteroatoms. The third kappa shape index (κ3) is 2.69. The number of hydrogen-bond acceptors (Lipinski definition) is 3. The molecular weight excluding hydrogens is 328 g/mol. The lowest BCUT2D eigenvalue weighted by Crippen LogP contribution is -2.42. The van der Waals surface area contributed by atoms with Gasteiger partial charge in [-0.1, -0.05) is 44.4 Å². The summed E-state index contributed by atoms with van der Waals surface area (Å²) in [5.41, 5.74) is 1.25. The van der Waals surface area contributed by atoms with Crippen molar-refractivity contribution in [2.45, 2.75) is 58.0 Å². The van der Waals surface area contributed by atoms with E-state index in [-0.39, 0.29) is 17.3 Å². The number of aryl methyl sites for hydroxylation is 1. The number of rotatable bonds is 4. The second-order valence-electron chi connectivity index (χ2n) is 7.03. The largest absolute Gasteiger partial charge is 0.337 e. The van der Waals surface area contributed by atoms with E-state index in [4.69, 9.17) is 0 Å². The van der Waals surface area contributed by atoms with Gasteiger partial charge in [-0.25, -0.2) is 14.3 Å². The smallest absolute Gasteiger partial charge is 0.325 e. The van der Waals surface area contributed by atoms with E-state index in [1.54, 1.807) is 10.9 Å². The Hall–Kier alpha value is -2.63. The number of para-hydroxylation sites is 1. The third-order valence-corrected chi connectivity index (χ3v) is 5.27. The zero-order chi connectivity index (χ0) is 18.1. The van der Waals surface area contributed by atoms with E-state index < -0.39 is 0 Å². The minimum absolute atomic E-state index is 0.0203. The summed E-state index contributed by atoms with van der Waals surface area (Å²) in [6.07, 6.45) is 7.66. The van der Waals surface area contributed by atoms with Gasteiger partial charge >= 0.3 is 5.69 Å². The van der Waals surface area contributed by atoms with Gasteiger partial charge in [0.25, 0.3) is 5.56 Å². The van der Waals surface area contributed by atoms with E-state index in [9.17, 15) is 9.59 Å². The number of aromatic nitrogens is 4. The molecule has 0 bridgehead atoms. The molecule has 2 heterocycles. The molecule has 0 spiro atoms. The first-order valence-corrected chi connectivity index (χ1v) is 9.50. The molecule has 0 unspecified atom stereocenters. The van der Waals surface area contributed by atoms with Gasteiger partial charge in [0.1, 0.15) is 0 Å². The highest BCUT2D eigenvalue weighted by atomic mass is 16.2. The van der Waals surface area contributed by atoms with Gasteiger partial charge in [-0.15, -0.1) is 0 Å². The maximum Gasteiger partial charge on any atom is 0.337 e. The van der Waals surface area contributed by atoms with E-state index in [0.717, 1.165) is 37.8 Å². The molecule has 2 aromatic heterocycles. The first kappa shape index (κ1) is 16.8. The Morgan fingerprint density at radius 3 is 2.50 bits per heavy atom. The highest BCUT2D eigenvalue weighted by molar-refractivity contribution is 5.72. The summed E-state index contributed by atoms with van der Waals surface area (Å²) in [6, 6.07) is 9.45. The van der Waals surface area contributed by atoms with E-state index >= 15 is 0 Å². The predicted octanol–water partition coefficient (Wildman–Crippen LogP) is 3.26. The van der Waals surface area contributed by atoms with Crippen molar-refractivity contribution in [3.8, 4) is 5.69 Å². The molecule has 1 fully saturated rings. The molecule has 1 aliphatic carbocycles. The molecule has 0 N–H and O–H groups in total. The molecule has 136 valence electrons. The number of hydrogen-bond donors (Lipinski definition) is 0. The zero-order valence-corrected chi connectivity index (χ0v) is 15.1. The van der Waals surface area contributed by atoms with E-state index in [2.05, 4.69) is 11.9 Å². The van der Waals surface area contributed by atoms with Crippen molar-refractivity contribution in [3.63, 3.8) is 0 Å². The van der Waals surface area contributed by atoms with Crippen LogP contribution in [-0.4, -0.2) is 18.7 Å². The van der Waals surface area contributed by atoms with Crippen LogP contribution in [0.25, 0.3) is 16.9 Å². The van der Waals surface area contributed by atoms with Crippen LogP contribution in [0, 0.1) is 0 Å². The topological polar surface area (TPSA) is 61.8 Å². The first-order chi connectivity index (χ1) is 12.7. The zero-order valence-electron chi connectivity index (χ0n) is 15.1. The van der Waals surface area contributed by atoms with Crippen molar-refractivity contribution in [1.82, 2.24) is 18.7 Å². The summed E-state index contributed by atoms with van der Waals surface area (Å²) >= 11 is 0. The molecule has 26 heavy (non-hydrogen) atoms. The quantitative estimate of drug-likeness (QED) is 0.724. The Morgan fingerprint density at radius 1 is 1.08 bits per heavy atom. The van der Waals surface area contributed by atoms with Crippen LogP contribution in [-0.2, 0) is 6.54 Å². The van der Waals surface area contributed by atoms with Crippen molar-refractivity contribution in [2.75, 3.05) is 0 Å². The molecule has 0 radical (unpaired) electrons. The van der Waals surface area contributed by atoms with Crippen LogP contribution in [0.4, 0.5) is 0 Å². The minimum atomic E-state index is -0.276. The average Bonchev–Trinajstić information content (AvgIpc) is 3.08. The fourth-order valence-electron chi connectivity index (χ4n) is 4.03. The van der Waals surface area contributed by atoms with Crippen molar-refractivity contribution in [3.05, 3.63) is 57.5 Å². The lowest BCUT2D eigenvalue weighted by atomic mass is 9.95. The number of benzene rings is 1. The molecule has 1 aromatic carbocycles. The van der Waals surface area contributed by atoms with Crippen molar-refractivity contribution in [1.29, 1.82) is 0 Å². The molecular formula is C20H24N4O2. The molecule has 0 atom stereocenters. The number of fused-ring (bicyclic) bond motifs is 1. The maximum atomic E-state index is 13.3. The molecule has 4 rings (SSSR count). The first-order valence-electron chi connectivity index (χ1n) is 9.50. The van der Waals surface area contributed by atoms with Gasteiger partial charge in [-0.2, -0.15) is 0 Å². The van der Waals surface area contributed by atoms with Crippen LogP contribution in [0.2, 0.25) is 0 Å². The fourth-order valence-corrected chi connectivity index (χ4v) is 4.03. The standard InChI is InChI=1S/C20H24N4O2/c1-2-13-22-14-21-18-17(22)19(25)24(16-11-7-4-8-12-16)20(26)23(18)15-9-5-3-6-10-15/h3,5-6,9-10,14,16H,2,4,7-8,11-13H2,1H3. The second kappa shape index (κ2) is 6.94. The molecule has 0 amide bonds. The van der Waals surface area contributed by atoms with Crippen LogP contribution in [0.1, 0.15) is 51.5 Å². The lowest BCUT2D eigenvalue weighted by molar-refractivity contribution is 0.335. The fraction of sp³-hybridized carbons (Fsp3) is 0.450. The van der Waals surface area contributed by atoms with Gasteiger partial charge in [0.2, 0.25) is 0 Å². The lowest BCUT2D eigenvalue weighted by Gasteiger charge is -2.24. The van der Waals surface area contributed by atoms with Gasteiger partial charge in [-0.05, 0) is 31.4 Å². The molecule has 1 aliphatic rings. The van der Waals surface area contributed by atoms with Crippen LogP contribution in [0.3, 0.4) is 0 Å². The Labute approximate surface area is 151 Å². The van der Waals surface area contributed by atoms with Gasteiger partial charge in [0.15, 0.2) is 11.2 Å². The molecule has 0 saturated heterocycles. The van der Waals surface area contributed by atoms with Gasteiger partial charge in [0.05, 0.1) is 12.0 Å². The third-order valence-electron chi connectivity index (χ3n) is 5.27. The molecule has 6 nitrogen and oxygen atoms in total. The van der Waals surface area contributed by atoms with Gasteiger partial charge < -0.3 is 4.57 Å². The molecule has 3 aromatic rings.